The lowest BCUT2D eigenvalue weighted by Gasteiger charge is -2.63. The van der Waals surface area contributed by atoms with Crippen LogP contribution >= 0.6 is 0 Å². The Balaban J connectivity index is 1.30. The number of ether oxygens (including phenoxy) is 1. The highest BCUT2D eigenvalue weighted by Gasteiger charge is 2.54. The van der Waals surface area contributed by atoms with Crippen molar-refractivity contribution in [2.24, 2.45) is 0 Å². The first kappa shape index (κ1) is 22.1. The molecular weight excluding hydrogens is 465 g/mol. The third-order valence-electron chi connectivity index (χ3n) is 7.02. The molecule has 3 atom stereocenters. The number of aliphatic hydroxyl groups excluding tert-OH is 1. The number of hydrogen-bond donors (Lipinski definition) is 2. The van der Waals surface area contributed by atoms with Crippen LogP contribution in [0.2, 0.25) is 0 Å². The molecule has 0 saturated carbocycles. The average Bonchev–Trinajstić information content (AvgIpc) is 3.36. The van der Waals surface area contributed by atoms with Crippen LogP contribution in [-0.4, -0.2) is 80.6 Å². The molecule has 3 aliphatic heterocycles. The van der Waals surface area contributed by atoms with E-state index in [4.69, 9.17) is 4.74 Å². The predicted octanol–water partition coefficient (Wildman–Crippen LogP) is 2.10. The Labute approximate surface area is 198 Å². The van der Waals surface area contributed by atoms with Crippen molar-refractivity contribution in [2.45, 2.75) is 37.2 Å². The van der Waals surface area contributed by atoms with E-state index < -0.39 is 24.2 Å². The number of likely N-dealkylation sites (tertiary alicyclic amines) is 1. The Morgan fingerprint density at radius 2 is 2.14 bits per heavy atom. The zero-order chi connectivity index (χ0) is 24.5. The van der Waals surface area contributed by atoms with Crippen molar-refractivity contribution in [2.75, 3.05) is 36.5 Å². The fourth-order valence-corrected chi connectivity index (χ4v) is 5.19. The maximum absolute atomic E-state index is 13.2. The van der Waals surface area contributed by atoms with E-state index >= 15 is 0 Å². The molecule has 9 nitrogen and oxygen atoms in total. The van der Waals surface area contributed by atoms with Gasteiger partial charge in [-0.05, 0) is 19.1 Å². The average molecular weight is 488 g/mol. The highest BCUT2D eigenvalue weighted by molar-refractivity contribution is 6.09. The van der Waals surface area contributed by atoms with Crippen LogP contribution in [0.5, 0.6) is 5.75 Å². The largest absolute Gasteiger partial charge is 0.484 e. The van der Waals surface area contributed by atoms with E-state index in [9.17, 15) is 23.1 Å². The van der Waals surface area contributed by atoms with Crippen molar-refractivity contribution >= 4 is 22.9 Å². The number of anilines is 2. The molecule has 5 heterocycles. The quantitative estimate of drug-likeness (QED) is 0.568. The van der Waals surface area contributed by atoms with Gasteiger partial charge in [0.15, 0.2) is 5.65 Å². The molecule has 184 valence electrons. The number of halogens is 3. The number of rotatable bonds is 5. The fourth-order valence-electron chi connectivity index (χ4n) is 5.19. The Kier molecular flexibility index (Phi) is 4.77. The van der Waals surface area contributed by atoms with Gasteiger partial charge in [-0.25, -0.2) is 9.50 Å². The van der Waals surface area contributed by atoms with Gasteiger partial charge in [-0.15, -0.1) is 0 Å². The van der Waals surface area contributed by atoms with Crippen LogP contribution < -0.4 is 15.0 Å². The van der Waals surface area contributed by atoms with Gasteiger partial charge in [0, 0.05) is 49.6 Å². The second-order valence-electron chi connectivity index (χ2n) is 9.60. The molecule has 6 rings (SSSR count). The summed E-state index contributed by atoms with van der Waals surface area (Å²) in [5.74, 6) is 0.204. The molecule has 3 aromatic rings. The van der Waals surface area contributed by atoms with E-state index in [0.717, 1.165) is 5.56 Å². The summed E-state index contributed by atoms with van der Waals surface area (Å²) in [6, 6.07) is 5.08. The molecule has 2 fully saturated rings. The second-order valence-corrected chi connectivity index (χ2v) is 9.60. The topological polar surface area (TPSA) is 95.2 Å². The summed E-state index contributed by atoms with van der Waals surface area (Å²) in [5, 5.41) is 16.9. The molecule has 2 N–H and O–H groups in total. The van der Waals surface area contributed by atoms with Crippen LogP contribution in [0.1, 0.15) is 22.8 Å². The Hall–Kier alpha value is -3.38. The number of fused-ring (bicyclic) bond motifs is 3. The van der Waals surface area contributed by atoms with Crippen LogP contribution in [0.3, 0.4) is 0 Å². The first-order chi connectivity index (χ1) is 16.6. The summed E-state index contributed by atoms with van der Waals surface area (Å²) in [7, 11) is 0. The zero-order valence-corrected chi connectivity index (χ0v) is 18.8. The molecule has 1 unspecified atom stereocenters. The fraction of sp³-hybridized carbons (Fsp3) is 0.435. The number of aliphatic hydroxyl groups is 1. The van der Waals surface area contributed by atoms with Gasteiger partial charge in [-0.2, -0.15) is 18.3 Å². The summed E-state index contributed by atoms with van der Waals surface area (Å²) in [4.78, 5) is 20.9. The molecule has 35 heavy (non-hydrogen) atoms. The second kappa shape index (κ2) is 7.56. The lowest BCUT2D eigenvalue weighted by molar-refractivity contribution is -0.170. The van der Waals surface area contributed by atoms with Gasteiger partial charge in [-0.1, -0.05) is 0 Å². The molecule has 3 aliphatic rings. The number of nitrogens with one attached hydrogen (secondary N) is 1. The lowest BCUT2D eigenvalue weighted by Crippen LogP contribution is -2.79. The first-order valence-corrected chi connectivity index (χ1v) is 11.3. The molecule has 12 heteroatoms. The van der Waals surface area contributed by atoms with Crippen molar-refractivity contribution in [1.82, 2.24) is 19.5 Å². The van der Waals surface area contributed by atoms with E-state index in [1.807, 2.05) is 17.0 Å². The normalized spacial score (nSPS) is 25.5. The zero-order valence-electron chi connectivity index (χ0n) is 18.8. The first-order valence-electron chi connectivity index (χ1n) is 11.3. The number of benzene rings is 1. The van der Waals surface area contributed by atoms with Gasteiger partial charge in [0.25, 0.3) is 5.91 Å². The van der Waals surface area contributed by atoms with E-state index in [0.29, 0.717) is 47.8 Å². The van der Waals surface area contributed by atoms with Crippen molar-refractivity contribution < 1.29 is 27.8 Å². The minimum absolute atomic E-state index is 0.0738. The number of piperazine rings is 1. The number of nitrogens with zero attached hydrogens (tertiary/aromatic N) is 5. The standard InChI is InChI=1S/C23H23F3N6O3/c1-22(12-33)7-13-5-15(29-21(34)14-8-28-32-4-2-3-27-20(14)32)16(6-19(13)35-22)31-10-17-18(31)9-30(17)11-23(24,25)26/h2-6,8,17-18,33H,7,9-12H2,1H3,(H,29,34)/t17-,18?,22-/m0/s1. The minimum Gasteiger partial charge on any atom is -0.484 e. The highest BCUT2D eigenvalue weighted by atomic mass is 19.4. The summed E-state index contributed by atoms with van der Waals surface area (Å²) >= 11 is 0. The van der Waals surface area contributed by atoms with E-state index in [1.165, 1.54) is 15.6 Å². The van der Waals surface area contributed by atoms with E-state index in [2.05, 4.69) is 15.4 Å². The highest BCUT2D eigenvalue weighted by Crippen LogP contribution is 2.46. The van der Waals surface area contributed by atoms with Crippen LogP contribution in [-0.2, 0) is 6.42 Å². The Morgan fingerprint density at radius 1 is 1.31 bits per heavy atom. The molecule has 1 aromatic carbocycles. The molecule has 0 bridgehead atoms. The molecule has 0 spiro atoms. The maximum Gasteiger partial charge on any atom is 0.401 e. The molecular formula is C23H23F3N6O3. The van der Waals surface area contributed by atoms with Gasteiger partial charge in [0.05, 0.1) is 36.8 Å². The third-order valence-corrected chi connectivity index (χ3v) is 7.02. The van der Waals surface area contributed by atoms with Crippen LogP contribution in [0, 0.1) is 0 Å². The monoisotopic (exact) mass is 488 g/mol. The van der Waals surface area contributed by atoms with E-state index in [-0.39, 0.29) is 18.7 Å². The minimum atomic E-state index is -4.23. The van der Waals surface area contributed by atoms with Crippen molar-refractivity contribution in [3.8, 4) is 5.75 Å². The molecule has 2 saturated heterocycles. The number of carbonyl (C=O) groups is 1. The molecule has 0 aliphatic carbocycles. The van der Waals surface area contributed by atoms with Crippen molar-refractivity contribution in [3.05, 3.63) is 47.9 Å². The van der Waals surface area contributed by atoms with Crippen LogP contribution in [0.15, 0.2) is 36.8 Å². The third kappa shape index (κ3) is 3.67. The number of aromatic nitrogens is 3. The van der Waals surface area contributed by atoms with Gasteiger partial charge in [0.2, 0.25) is 0 Å². The van der Waals surface area contributed by atoms with Gasteiger partial charge in [-0.3, -0.25) is 9.69 Å². The summed E-state index contributed by atoms with van der Waals surface area (Å²) in [5.41, 5.74) is 1.98. The number of alkyl halides is 3. The number of hydrogen-bond acceptors (Lipinski definition) is 7. The van der Waals surface area contributed by atoms with Gasteiger partial charge in [0.1, 0.15) is 16.9 Å². The predicted molar refractivity (Wildman–Crippen MR) is 120 cm³/mol. The van der Waals surface area contributed by atoms with Crippen LogP contribution in [0.25, 0.3) is 5.65 Å². The molecule has 0 radical (unpaired) electrons. The summed E-state index contributed by atoms with van der Waals surface area (Å²) < 4.78 is 46.0. The maximum atomic E-state index is 13.2. The Morgan fingerprint density at radius 3 is 2.86 bits per heavy atom. The molecule has 2 aromatic heterocycles. The van der Waals surface area contributed by atoms with Gasteiger partial charge < -0.3 is 20.1 Å². The van der Waals surface area contributed by atoms with E-state index in [1.54, 1.807) is 25.4 Å². The lowest BCUT2D eigenvalue weighted by atomic mass is 9.84. The Bertz CT molecular complexity index is 1330. The van der Waals surface area contributed by atoms with Crippen LogP contribution in [0.4, 0.5) is 24.5 Å². The summed E-state index contributed by atoms with van der Waals surface area (Å²) in [6.07, 6.45) is 0.938. The van der Waals surface area contributed by atoms with Crippen molar-refractivity contribution in [3.63, 3.8) is 0 Å². The SMILES string of the molecule is C[C@@]1(CO)Cc2cc(NC(=O)c3cnn4cccnc34)c(N3C[C@H]4C3CN4CC(F)(F)F)cc2O1. The van der Waals surface area contributed by atoms with Crippen molar-refractivity contribution in [1.29, 1.82) is 0 Å². The molecule has 1 amide bonds. The summed E-state index contributed by atoms with van der Waals surface area (Å²) in [6.45, 7) is 1.42. The van der Waals surface area contributed by atoms with Gasteiger partial charge >= 0.3 is 6.18 Å². The number of amides is 1. The number of carbonyl (C=O) groups excluding carboxylic acids is 1. The smallest absolute Gasteiger partial charge is 0.401 e.